The summed E-state index contributed by atoms with van der Waals surface area (Å²) in [6.07, 6.45) is 0. The van der Waals surface area contributed by atoms with E-state index in [0.717, 1.165) is 11.1 Å². The summed E-state index contributed by atoms with van der Waals surface area (Å²) in [6, 6.07) is 18.2. The Kier molecular flexibility index (Phi) is 4.84. The third-order valence-electron chi connectivity index (χ3n) is 4.98. The zero-order valence-corrected chi connectivity index (χ0v) is 17.2. The number of anilines is 1. The second kappa shape index (κ2) is 7.33. The lowest BCUT2D eigenvalue weighted by Gasteiger charge is -2.33. The molecule has 0 saturated heterocycles. The van der Waals surface area contributed by atoms with Gasteiger partial charge in [0.2, 0.25) is 0 Å². The SMILES string of the molecule is COc1cc2c(cc1OC)S(=O)(=O)N(Cc1ccccc1)c1c(OC)cccc1-2. The molecule has 0 atom stereocenters. The van der Waals surface area contributed by atoms with Crippen molar-refractivity contribution in [1.29, 1.82) is 0 Å². The molecule has 7 heteroatoms. The number of nitrogens with zero attached hydrogens (tertiary/aromatic N) is 1. The van der Waals surface area contributed by atoms with Crippen molar-refractivity contribution in [3.05, 3.63) is 66.2 Å². The van der Waals surface area contributed by atoms with Crippen LogP contribution in [0.5, 0.6) is 17.2 Å². The van der Waals surface area contributed by atoms with Gasteiger partial charge in [0.15, 0.2) is 11.5 Å². The summed E-state index contributed by atoms with van der Waals surface area (Å²) in [4.78, 5) is 0.173. The predicted octanol–water partition coefficient (Wildman–Crippen LogP) is 4.09. The summed E-state index contributed by atoms with van der Waals surface area (Å²) in [5.41, 5.74) is 2.70. The van der Waals surface area contributed by atoms with Gasteiger partial charge in [-0.1, -0.05) is 42.5 Å². The molecule has 1 aliphatic rings. The van der Waals surface area contributed by atoms with Crippen molar-refractivity contribution in [2.75, 3.05) is 25.6 Å². The molecule has 29 heavy (non-hydrogen) atoms. The molecular formula is C22H21NO5S. The van der Waals surface area contributed by atoms with E-state index in [1.165, 1.54) is 31.7 Å². The van der Waals surface area contributed by atoms with Crippen LogP contribution in [0.3, 0.4) is 0 Å². The molecule has 1 aliphatic heterocycles. The van der Waals surface area contributed by atoms with Gasteiger partial charge in [0, 0.05) is 17.2 Å². The van der Waals surface area contributed by atoms with Gasteiger partial charge >= 0.3 is 0 Å². The van der Waals surface area contributed by atoms with Crippen LogP contribution < -0.4 is 18.5 Å². The van der Waals surface area contributed by atoms with Gasteiger partial charge in [0.05, 0.1) is 32.8 Å². The summed E-state index contributed by atoms with van der Waals surface area (Å²) >= 11 is 0. The predicted molar refractivity (Wildman–Crippen MR) is 111 cm³/mol. The number of para-hydroxylation sites is 1. The van der Waals surface area contributed by atoms with Gasteiger partial charge < -0.3 is 14.2 Å². The van der Waals surface area contributed by atoms with Crippen LogP contribution >= 0.6 is 0 Å². The molecule has 0 amide bonds. The van der Waals surface area contributed by atoms with E-state index in [1.54, 1.807) is 12.1 Å². The van der Waals surface area contributed by atoms with Crippen LogP contribution in [0.25, 0.3) is 11.1 Å². The molecule has 0 unspecified atom stereocenters. The molecule has 3 aromatic rings. The minimum Gasteiger partial charge on any atom is -0.495 e. The first-order chi connectivity index (χ1) is 14.0. The summed E-state index contributed by atoms with van der Waals surface area (Å²) in [5.74, 6) is 1.31. The molecule has 0 fully saturated rings. The number of hydrogen-bond donors (Lipinski definition) is 0. The smallest absolute Gasteiger partial charge is 0.265 e. The van der Waals surface area contributed by atoms with Crippen molar-refractivity contribution in [2.24, 2.45) is 0 Å². The Hall–Kier alpha value is -3.19. The average molecular weight is 411 g/mol. The summed E-state index contributed by atoms with van der Waals surface area (Å²) in [5, 5.41) is 0. The maximum absolute atomic E-state index is 13.7. The summed E-state index contributed by atoms with van der Waals surface area (Å²) in [6.45, 7) is 0.185. The summed E-state index contributed by atoms with van der Waals surface area (Å²) < 4.78 is 45.0. The van der Waals surface area contributed by atoms with Crippen LogP contribution in [-0.2, 0) is 16.6 Å². The number of benzene rings is 3. The molecule has 150 valence electrons. The standard InChI is InChI=1S/C22H21NO5S/c1-26-18-11-7-10-16-17-12-19(27-2)20(28-3)13-21(17)29(24,25)23(22(16)18)14-15-8-5-4-6-9-15/h4-13H,14H2,1-3H3. The minimum atomic E-state index is -3.87. The Morgan fingerprint density at radius 2 is 1.41 bits per heavy atom. The molecule has 0 bridgehead atoms. The van der Waals surface area contributed by atoms with E-state index in [2.05, 4.69) is 0 Å². The average Bonchev–Trinajstić information content (AvgIpc) is 2.76. The molecular weight excluding hydrogens is 390 g/mol. The fourth-order valence-electron chi connectivity index (χ4n) is 3.60. The van der Waals surface area contributed by atoms with E-state index in [-0.39, 0.29) is 11.4 Å². The molecule has 0 saturated carbocycles. The van der Waals surface area contributed by atoms with E-state index >= 15 is 0 Å². The van der Waals surface area contributed by atoms with Gasteiger partial charge in [-0.25, -0.2) is 8.42 Å². The topological polar surface area (TPSA) is 65.1 Å². The highest BCUT2D eigenvalue weighted by Gasteiger charge is 2.38. The summed E-state index contributed by atoms with van der Waals surface area (Å²) in [7, 11) is 0.676. The van der Waals surface area contributed by atoms with Crippen molar-refractivity contribution < 1.29 is 22.6 Å². The number of sulfonamides is 1. The van der Waals surface area contributed by atoms with E-state index in [9.17, 15) is 8.42 Å². The van der Waals surface area contributed by atoms with Crippen molar-refractivity contribution in [3.63, 3.8) is 0 Å². The fraction of sp³-hybridized carbons (Fsp3) is 0.182. The maximum Gasteiger partial charge on any atom is 0.265 e. The lowest BCUT2D eigenvalue weighted by molar-refractivity contribution is 0.354. The van der Waals surface area contributed by atoms with E-state index in [1.807, 2.05) is 42.5 Å². The normalized spacial score (nSPS) is 14.0. The largest absolute Gasteiger partial charge is 0.495 e. The maximum atomic E-state index is 13.7. The van der Waals surface area contributed by atoms with E-state index in [4.69, 9.17) is 14.2 Å². The zero-order chi connectivity index (χ0) is 20.6. The van der Waals surface area contributed by atoms with Gasteiger partial charge in [-0.15, -0.1) is 0 Å². The molecule has 3 aromatic carbocycles. The van der Waals surface area contributed by atoms with Crippen LogP contribution in [-0.4, -0.2) is 29.7 Å². The lowest BCUT2D eigenvalue weighted by Crippen LogP contribution is -2.34. The van der Waals surface area contributed by atoms with Crippen LogP contribution in [0.1, 0.15) is 5.56 Å². The highest BCUT2D eigenvalue weighted by molar-refractivity contribution is 7.93. The zero-order valence-electron chi connectivity index (χ0n) is 16.4. The minimum absolute atomic E-state index is 0.173. The first kappa shape index (κ1) is 19.1. The van der Waals surface area contributed by atoms with Crippen molar-refractivity contribution in [3.8, 4) is 28.4 Å². The molecule has 1 heterocycles. The highest BCUT2D eigenvalue weighted by Crippen LogP contribution is 2.50. The van der Waals surface area contributed by atoms with Crippen LogP contribution in [0.2, 0.25) is 0 Å². The molecule has 4 rings (SSSR count). The highest BCUT2D eigenvalue weighted by atomic mass is 32.2. The first-order valence-electron chi connectivity index (χ1n) is 9.01. The number of rotatable bonds is 5. The molecule has 0 aromatic heterocycles. The molecule has 0 spiro atoms. The lowest BCUT2D eigenvalue weighted by atomic mass is 10.0. The van der Waals surface area contributed by atoms with E-state index < -0.39 is 10.0 Å². The number of methoxy groups -OCH3 is 3. The van der Waals surface area contributed by atoms with Crippen molar-refractivity contribution >= 4 is 15.7 Å². The number of fused-ring (bicyclic) bond motifs is 3. The van der Waals surface area contributed by atoms with Crippen molar-refractivity contribution in [2.45, 2.75) is 11.4 Å². The quantitative estimate of drug-likeness (QED) is 0.633. The molecule has 6 nitrogen and oxygen atoms in total. The van der Waals surface area contributed by atoms with Crippen molar-refractivity contribution in [1.82, 2.24) is 0 Å². The van der Waals surface area contributed by atoms with Gasteiger partial charge in [-0.05, 0) is 17.7 Å². The van der Waals surface area contributed by atoms with E-state index in [0.29, 0.717) is 28.5 Å². The Labute approximate surface area is 170 Å². The Morgan fingerprint density at radius 1 is 0.759 bits per heavy atom. The van der Waals surface area contributed by atoms with Gasteiger partial charge in [0.1, 0.15) is 11.4 Å². The van der Waals surface area contributed by atoms with Crippen LogP contribution in [0.4, 0.5) is 5.69 Å². The third-order valence-corrected chi connectivity index (χ3v) is 6.77. The molecule has 0 N–H and O–H groups in total. The fourth-order valence-corrected chi connectivity index (χ4v) is 5.29. The van der Waals surface area contributed by atoms with Gasteiger partial charge in [-0.3, -0.25) is 4.31 Å². The molecule has 0 aliphatic carbocycles. The second-order valence-corrected chi connectivity index (χ2v) is 8.39. The van der Waals surface area contributed by atoms with Crippen LogP contribution in [0.15, 0.2) is 65.6 Å². The third kappa shape index (κ3) is 3.07. The Balaban J connectivity index is 2.01. The monoisotopic (exact) mass is 411 g/mol. The number of hydrogen-bond acceptors (Lipinski definition) is 5. The molecule has 0 radical (unpaired) electrons. The first-order valence-corrected chi connectivity index (χ1v) is 10.5. The van der Waals surface area contributed by atoms with Crippen LogP contribution in [0, 0.1) is 0 Å². The number of ether oxygens (including phenoxy) is 3. The van der Waals surface area contributed by atoms with Gasteiger partial charge in [-0.2, -0.15) is 0 Å². The Bertz CT molecular complexity index is 1160. The second-order valence-electron chi connectivity index (χ2n) is 6.56. The Morgan fingerprint density at radius 3 is 2.07 bits per heavy atom. The van der Waals surface area contributed by atoms with Gasteiger partial charge in [0.25, 0.3) is 10.0 Å².